The molecule has 0 heterocycles. The summed E-state index contributed by atoms with van der Waals surface area (Å²) in [5, 5.41) is 0. The molecule has 1 nitrogen and oxygen atoms in total. The van der Waals surface area contributed by atoms with Gasteiger partial charge in [-0.2, -0.15) is 0 Å². The molecular formula is C15H21N. The van der Waals surface area contributed by atoms with Gasteiger partial charge in [-0.1, -0.05) is 38.1 Å². The molecule has 0 amide bonds. The summed E-state index contributed by atoms with van der Waals surface area (Å²) in [6, 6.07) is 9.26. The van der Waals surface area contributed by atoms with Gasteiger partial charge in [-0.05, 0) is 47.6 Å². The van der Waals surface area contributed by atoms with Crippen LogP contribution < -0.4 is 5.73 Å². The smallest absolute Gasteiger partial charge is 0.0154 e. The van der Waals surface area contributed by atoms with Crippen LogP contribution in [0.1, 0.15) is 37.8 Å². The molecule has 0 saturated heterocycles. The molecule has 2 bridgehead atoms. The molecule has 16 heavy (non-hydrogen) atoms. The SMILES string of the molecule is CC12CCC(C)(Cc3ccccc3C1)C2N. The standard InChI is InChI=1S/C15H21N/c1-14-7-8-15(2,13(14)16)10-12-6-4-3-5-11(12)9-14/h3-6,13H,7-10,16H2,1-2H3. The Kier molecular flexibility index (Phi) is 2.00. The number of benzene rings is 1. The number of hydrogen-bond donors (Lipinski definition) is 1. The summed E-state index contributed by atoms with van der Waals surface area (Å²) in [5.41, 5.74) is 10.2. The molecule has 0 radical (unpaired) electrons. The molecular weight excluding hydrogens is 194 g/mol. The van der Waals surface area contributed by atoms with E-state index in [-0.39, 0.29) is 0 Å². The maximum absolute atomic E-state index is 6.53. The highest BCUT2D eigenvalue weighted by Crippen LogP contribution is 2.53. The molecule has 0 aromatic heterocycles. The first-order chi connectivity index (χ1) is 7.54. The van der Waals surface area contributed by atoms with Crippen LogP contribution in [0.15, 0.2) is 24.3 Å². The second-order valence-electron chi connectivity index (χ2n) is 6.41. The third-order valence-electron chi connectivity index (χ3n) is 5.08. The minimum absolute atomic E-state index is 0.321. The van der Waals surface area contributed by atoms with Gasteiger partial charge in [0, 0.05) is 6.04 Å². The monoisotopic (exact) mass is 215 g/mol. The zero-order valence-corrected chi connectivity index (χ0v) is 10.3. The molecule has 3 rings (SSSR count). The van der Waals surface area contributed by atoms with Crippen LogP contribution in [0.4, 0.5) is 0 Å². The molecule has 86 valence electrons. The molecule has 2 N–H and O–H groups in total. The number of nitrogens with two attached hydrogens (primary N) is 1. The summed E-state index contributed by atoms with van der Waals surface area (Å²) in [6.07, 6.45) is 4.91. The van der Waals surface area contributed by atoms with Gasteiger partial charge < -0.3 is 5.73 Å². The topological polar surface area (TPSA) is 26.0 Å². The van der Waals surface area contributed by atoms with Crippen molar-refractivity contribution in [2.24, 2.45) is 16.6 Å². The fourth-order valence-electron chi connectivity index (χ4n) is 3.89. The van der Waals surface area contributed by atoms with Crippen LogP contribution in [-0.4, -0.2) is 6.04 Å². The maximum atomic E-state index is 6.53. The average Bonchev–Trinajstić information content (AvgIpc) is 2.42. The fourth-order valence-corrected chi connectivity index (χ4v) is 3.89. The lowest BCUT2D eigenvalue weighted by Crippen LogP contribution is -2.44. The highest BCUT2D eigenvalue weighted by Gasteiger charge is 2.51. The Bertz CT molecular complexity index is 386. The van der Waals surface area contributed by atoms with Crippen LogP contribution in [0, 0.1) is 10.8 Å². The Morgan fingerprint density at radius 2 is 1.44 bits per heavy atom. The van der Waals surface area contributed by atoms with Gasteiger partial charge in [0.2, 0.25) is 0 Å². The summed E-state index contributed by atoms with van der Waals surface area (Å²) >= 11 is 0. The zero-order valence-electron chi connectivity index (χ0n) is 10.3. The predicted molar refractivity (Wildman–Crippen MR) is 67.3 cm³/mol. The lowest BCUT2D eigenvalue weighted by Gasteiger charge is -2.34. The third kappa shape index (κ3) is 1.27. The molecule has 2 atom stereocenters. The minimum atomic E-state index is 0.321. The van der Waals surface area contributed by atoms with Crippen LogP contribution in [-0.2, 0) is 12.8 Å². The van der Waals surface area contributed by atoms with E-state index in [1.54, 1.807) is 0 Å². The normalized spacial score (nSPS) is 41.6. The molecule has 1 aromatic carbocycles. The summed E-state index contributed by atoms with van der Waals surface area (Å²) < 4.78 is 0. The van der Waals surface area contributed by atoms with Gasteiger partial charge in [0.25, 0.3) is 0 Å². The van der Waals surface area contributed by atoms with E-state index in [4.69, 9.17) is 5.73 Å². The van der Waals surface area contributed by atoms with Crippen molar-refractivity contribution in [3.8, 4) is 0 Å². The van der Waals surface area contributed by atoms with E-state index >= 15 is 0 Å². The van der Waals surface area contributed by atoms with Gasteiger partial charge in [-0.3, -0.25) is 0 Å². The van der Waals surface area contributed by atoms with Crippen molar-refractivity contribution in [2.75, 3.05) is 0 Å². The van der Waals surface area contributed by atoms with E-state index in [1.165, 1.54) is 36.8 Å². The van der Waals surface area contributed by atoms with Crippen molar-refractivity contribution in [2.45, 2.75) is 45.6 Å². The van der Waals surface area contributed by atoms with Gasteiger partial charge in [-0.15, -0.1) is 0 Å². The molecule has 2 unspecified atom stereocenters. The largest absolute Gasteiger partial charge is 0.327 e. The first-order valence-electron chi connectivity index (χ1n) is 6.36. The van der Waals surface area contributed by atoms with E-state index in [9.17, 15) is 0 Å². The van der Waals surface area contributed by atoms with Crippen molar-refractivity contribution >= 4 is 0 Å². The highest BCUT2D eigenvalue weighted by molar-refractivity contribution is 5.33. The number of rotatable bonds is 0. The fraction of sp³-hybridized carbons (Fsp3) is 0.600. The zero-order chi connectivity index (χ0) is 11.4. The molecule has 1 heteroatoms. The van der Waals surface area contributed by atoms with Crippen LogP contribution in [0.3, 0.4) is 0 Å². The van der Waals surface area contributed by atoms with Crippen LogP contribution in [0.25, 0.3) is 0 Å². The van der Waals surface area contributed by atoms with Gasteiger partial charge in [0.1, 0.15) is 0 Å². The van der Waals surface area contributed by atoms with Crippen molar-refractivity contribution < 1.29 is 0 Å². The van der Waals surface area contributed by atoms with Crippen LogP contribution >= 0.6 is 0 Å². The summed E-state index contributed by atoms with van der Waals surface area (Å²) in [4.78, 5) is 0. The second kappa shape index (κ2) is 3.10. The van der Waals surface area contributed by atoms with E-state index in [0.29, 0.717) is 16.9 Å². The molecule has 1 fully saturated rings. The van der Waals surface area contributed by atoms with Gasteiger partial charge in [0.05, 0.1) is 0 Å². The lowest BCUT2D eigenvalue weighted by molar-refractivity contribution is 0.214. The Labute approximate surface area is 98.0 Å². The predicted octanol–water partition coefficient (Wildman–Crippen LogP) is 2.92. The third-order valence-corrected chi connectivity index (χ3v) is 5.08. The second-order valence-corrected chi connectivity index (χ2v) is 6.41. The molecule has 0 aliphatic heterocycles. The van der Waals surface area contributed by atoms with Crippen molar-refractivity contribution in [1.29, 1.82) is 0 Å². The van der Waals surface area contributed by atoms with Gasteiger partial charge in [0.15, 0.2) is 0 Å². The van der Waals surface area contributed by atoms with Crippen molar-refractivity contribution in [3.05, 3.63) is 35.4 Å². The van der Waals surface area contributed by atoms with E-state index in [1.807, 2.05) is 0 Å². The average molecular weight is 215 g/mol. The highest BCUT2D eigenvalue weighted by atomic mass is 14.8. The number of fused-ring (bicyclic) bond motifs is 3. The Balaban J connectivity index is 2.13. The summed E-state index contributed by atoms with van der Waals surface area (Å²) in [7, 11) is 0. The van der Waals surface area contributed by atoms with Gasteiger partial charge in [-0.25, -0.2) is 0 Å². The van der Waals surface area contributed by atoms with Crippen LogP contribution in [0.2, 0.25) is 0 Å². The first-order valence-corrected chi connectivity index (χ1v) is 6.36. The Morgan fingerprint density at radius 3 is 1.88 bits per heavy atom. The van der Waals surface area contributed by atoms with Crippen LogP contribution in [0.5, 0.6) is 0 Å². The molecule has 1 aromatic rings. The molecule has 0 spiro atoms. The molecule has 1 saturated carbocycles. The molecule has 2 aliphatic carbocycles. The maximum Gasteiger partial charge on any atom is 0.0154 e. The Morgan fingerprint density at radius 1 is 1.00 bits per heavy atom. The van der Waals surface area contributed by atoms with Gasteiger partial charge >= 0.3 is 0 Å². The molecule has 2 aliphatic rings. The van der Waals surface area contributed by atoms with Crippen molar-refractivity contribution in [1.82, 2.24) is 0 Å². The summed E-state index contributed by atoms with van der Waals surface area (Å²) in [6.45, 7) is 4.76. The minimum Gasteiger partial charge on any atom is -0.327 e. The van der Waals surface area contributed by atoms with E-state index in [0.717, 1.165) is 0 Å². The van der Waals surface area contributed by atoms with Crippen molar-refractivity contribution in [3.63, 3.8) is 0 Å². The van der Waals surface area contributed by atoms with E-state index in [2.05, 4.69) is 38.1 Å². The summed E-state index contributed by atoms with van der Waals surface area (Å²) in [5.74, 6) is 0. The quantitative estimate of drug-likeness (QED) is 0.707. The Hall–Kier alpha value is -0.820. The lowest BCUT2D eigenvalue weighted by atomic mass is 9.75. The number of hydrogen-bond acceptors (Lipinski definition) is 1. The van der Waals surface area contributed by atoms with E-state index < -0.39 is 0 Å². The first kappa shape index (κ1) is 10.3.